The summed E-state index contributed by atoms with van der Waals surface area (Å²) in [6.45, 7) is 1.45. The van der Waals surface area contributed by atoms with Gasteiger partial charge in [0.15, 0.2) is 6.10 Å². The van der Waals surface area contributed by atoms with Crippen LogP contribution in [0.25, 0.3) is 21.9 Å². The molecule has 3 N–H and O–H groups in total. The zero-order valence-electron chi connectivity index (χ0n) is 19.9. The minimum atomic E-state index is -1.47. The topological polar surface area (TPSA) is 145 Å². The van der Waals surface area contributed by atoms with E-state index in [1.807, 2.05) is 0 Å². The number of nitrogens with one attached hydrogen (secondary N) is 2. The van der Waals surface area contributed by atoms with Crippen molar-refractivity contribution in [3.8, 4) is 11.5 Å². The Bertz CT molecular complexity index is 1590. The lowest BCUT2D eigenvalue weighted by molar-refractivity contribution is -0.308. The number of carbonyl (C=O) groups excluding carboxylic acids is 2. The molecule has 0 spiro atoms. The zero-order valence-corrected chi connectivity index (χ0v) is 20.7. The molecule has 0 fully saturated rings. The minimum absolute atomic E-state index is 0.0352. The number of halogens is 1. The Morgan fingerprint density at radius 3 is 2.70 bits per heavy atom. The van der Waals surface area contributed by atoms with Gasteiger partial charge in [0.1, 0.15) is 17.1 Å². The Balaban J connectivity index is 1.34. The average molecular weight is 524 g/mol. The van der Waals surface area contributed by atoms with Crippen molar-refractivity contribution in [2.45, 2.75) is 51.2 Å². The first-order chi connectivity index (χ1) is 17.7. The Morgan fingerprint density at radius 2 is 1.95 bits per heavy atom. The largest absolute Gasteiger partial charge is 0.548 e. The number of carbonyl (C=O) groups is 2. The van der Waals surface area contributed by atoms with Crippen molar-refractivity contribution >= 4 is 45.3 Å². The Labute approximate surface area is 216 Å². The van der Waals surface area contributed by atoms with Crippen molar-refractivity contribution in [2.75, 3.05) is 0 Å². The number of hydrogen-bond acceptors (Lipinski definition) is 7. The summed E-state index contributed by atoms with van der Waals surface area (Å²) in [6.07, 6.45) is 3.75. The van der Waals surface area contributed by atoms with E-state index in [4.69, 9.17) is 20.8 Å². The van der Waals surface area contributed by atoms with Crippen LogP contribution in [0.1, 0.15) is 36.5 Å². The molecule has 0 radical (unpaired) electrons. The molecule has 192 valence electrons. The van der Waals surface area contributed by atoms with Gasteiger partial charge in [-0.2, -0.15) is 0 Å². The van der Waals surface area contributed by atoms with Crippen LogP contribution < -0.4 is 20.8 Å². The van der Waals surface area contributed by atoms with Crippen molar-refractivity contribution in [1.29, 1.82) is 0 Å². The van der Waals surface area contributed by atoms with Gasteiger partial charge in [0.25, 0.3) is 5.91 Å². The molecular weight excluding hydrogens is 500 g/mol. The van der Waals surface area contributed by atoms with Crippen molar-refractivity contribution in [3.63, 3.8) is 0 Å². The molecule has 10 heteroatoms. The van der Waals surface area contributed by atoms with E-state index in [2.05, 4.69) is 10.3 Å². The van der Waals surface area contributed by atoms with Gasteiger partial charge in [-0.3, -0.25) is 4.79 Å². The van der Waals surface area contributed by atoms with Gasteiger partial charge in [0.2, 0.25) is 0 Å². The highest BCUT2D eigenvalue weighted by Gasteiger charge is 2.24. The number of aromatic hydroxyl groups is 1. The number of H-pyrrole nitrogens is 1. The highest BCUT2D eigenvalue weighted by Crippen LogP contribution is 2.34. The number of carboxylic acid groups (broad SMARTS) is 1. The second kappa shape index (κ2) is 9.82. The number of rotatable bonds is 7. The molecule has 1 aliphatic carbocycles. The van der Waals surface area contributed by atoms with Gasteiger partial charge in [-0.25, -0.2) is 4.79 Å². The maximum atomic E-state index is 12.8. The SMILES string of the molecule is C[C@@H](Oc1cc2oc(=O)c3c(c2cc1Cl)CCCC3)C(=O)N[C@H](Cc1c[nH]c2ccc(O)cc12)C(=O)[O-]. The minimum Gasteiger partial charge on any atom is -0.548 e. The van der Waals surface area contributed by atoms with Crippen LogP contribution in [0.5, 0.6) is 11.5 Å². The van der Waals surface area contributed by atoms with Gasteiger partial charge in [-0.15, -0.1) is 0 Å². The van der Waals surface area contributed by atoms with Crippen molar-refractivity contribution in [1.82, 2.24) is 10.3 Å². The first kappa shape index (κ1) is 24.7. The van der Waals surface area contributed by atoms with Crippen LogP contribution in [-0.2, 0) is 28.9 Å². The van der Waals surface area contributed by atoms with Crippen molar-refractivity contribution < 1.29 is 29.0 Å². The van der Waals surface area contributed by atoms with Crippen LogP contribution in [0.3, 0.4) is 0 Å². The lowest BCUT2D eigenvalue weighted by atomic mass is 9.90. The molecule has 2 atom stereocenters. The molecule has 37 heavy (non-hydrogen) atoms. The van der Waals surface area contributed by atoms with Gasteiger partial charge in [0, 0.05) is 40.5 Å². The van der Waals surface area contributed by atoms with Crippen LogP contribution in [0, 0.1) is 0 Å². The van der Waals surface area contributed by atoms with Gasteiger partial charge < -0.3 is 34.5 Å². The lowest BCUT2D eigenvalue weighted by Crippen LogP contribution is -2.52. The second-order valence-corrected chi connectivity index (χ2v) is 9.63. The first-order valence-electron chi connectivity index (χ1n) is 12.0. The monoisotopic (exact) mass is 523 g/mol. The molecule has 5 rings (SSSR count). The summed E-state index contributed by atoms with van der Waals surface area (Å²) < 4.78 is 11.2. The number of phenolic OH excluding ortho intramolecular Hbond substituents is 1. The van der Waals surface area contributed by atoms with E-state index in [9.17, 15) is 24.6 Å². The fourth-order valence-electron chi connectivity index (χ4n) is 4.82. The average Bonchev–Trinajstić information content (AvgIpc) is 3.26. The molecule has 9 nitrogen and oxygen atoms in total. The van der Waals surface area contributed by atoms with E-state index in [-0.39, 0.29) is 28.6 Å². The molecule has 0 aliphatic heterocycles. The third-order valence-electron chi connectivity index (χ3n) is 6.73. The quantitative estimate of drug-likeness (QED) is 0.316. The molecule has 2 aromatic heterocycles. The molecule has 2 heterocycles. The fraction of sp³-hybridized carbons (Fsp3) is 0.296. The summed E-state index contributed by atoms with van der Waals surface area (Å²) in [7, 11) is 0. The normalized spacial score (nSPS) is 14.8. The predicted octanol–water partition coefficient (Wildman–Crippen LogP) is 2.76. The van der Waals surface area contributed by atoms with E-state index >= 15 is 0 Å². The van der Waals surface area contributed by atoms with Crippen LogP contribution in [-0.4, -0.2) is 34.1 Å². The van der Waals surface area contributed by atoms with Gasteiger partial charge >= 0.3 is 5.63 Å². The van der Waals surface area contributed by atoms with Gasteiger partial charge in [-0.1, -0.05) is 11.6 Å². The number of aryl methyl sites for hydroxylation is 1. The summed E-state index contributed by atoms with van der Waals surface area (Å²) in [6, 6.07) is 6.49. The van der Waals surface area contributed by atoms with Gasteiger partial charge in [0.05, 0.1) is 17.0 Å². The molecule has 4 aromatic rings. The Hall–Kier alpha value is -3.98. The second-order valence-electron chi connectivity index (χ2n) is 9.22. The number of phenols is 1. The number of aliphatic carboxylic acids is 1. The van der Waals surface area contributed by atoms with Crippen LogP contribution >= 0.6 is 11.6 Å². The first-order valence-corrected chi connectivity index (χ1v) is 12.3. The van der Waals surface area contributed by atoms with E-state index in [1.54, 1.807) is 18.3 Å². The van der Waals surface area contributed by atoms with Gasteiger partial charge in [-0.05, 0) is 68.0 Å². The number of amides is 1. The highest BCUT2D eigenvalue weighted by molar-refractivity contribution is 6.32. The maximum absolute atomic E-state index is 12.8. The van der Waals surface area contributed by atoms with E-state index < -0.39 is 24.0 Å². The summed E-state index contributed by atoms with van der Waals surface area (Å²) in [5.41, 5.74) is 2.84. The Kier molecular flexibility index (Phi) is 6.55. The van der Waals surface area contributed by atoms with Crippen molar-refractivity contribution in [3.05, 3.63) is 68.7 Å². The van der Waals surface area contributed by atoms with Crippen LogP contribution in [0.15, 0.2) is 45.7 Å². The number of hydrogen-bond donors (Lipinski definition) is 3. The molecule has 0 unspecified atom stereocenters. The number of carboxylic acids is 1. The van der Waals surface area contributed by atoms with Crippen molar-refractivity contribution in [2.24, 2.45) is 0 Å². The van der Waals surface area contributed by atoms with Crippen LogP contribution in [0.2, 0.25) is 5.02 Å². The number of ether oxygens (including phenoxy) is 1. The molecule has 1 amide bonds. The number of aromatic amines is 1. The number of benzene rings is 2. The summed E-state index contributed by atoms with van der Waals surface area (Å²) in [4.78, 5) is 40.1. The molecular formula is C27H24ClN2O7-. The molecule has 2 aromatic carbocycles. The zero-order chi connectivity index (χ0) is 26.3. The summed E-state index contributed by atoms with van der Waals surface area (Å²) in [5, 5.41) is 25.6. The molecule has 0 saturated carbocycles. The summed E-state index contributed by atoms with van der Waals surface area (Å²) in [5.74, 6) is -1.99. The molecule has 0 saturated heterocycles. The van der Waals surface area contributed by atoms with Crippen LogP contribution in [0.4, 0.5) is 0 Å². The highest BCUT2D eigenvalue weighted by atomic mass is 35.5. The lowest BCUT2D eigenvalue weighted by Gasteiger charge is -2.23. The number of aromatic nitrogens is 1. The third-order valence-corrected chi connectivity index (χ3v) is 7.02. The van der Waals surface area contributed by atoms with E-state index in [0.29, 0.717) is 34.0 Å². The summed E-state index contributed by atoms with van der Waals surface area (Å²) >= 11 is 6.45. The number of fused-ring (bicyclic) bond motifs is 4. The third kappa shape index (κ3) is 4.86. The predicted molar refractivity (Wildman–Crippen MR) is 135 cm³/mol. The smallest absolute Gasteiger partial charge is 0.339 e. The molecule has 1 aliphatic rings. The maximum Gasteiger partial charge on any atom is 0.339 e. The Morgan fingerprint density at radius 1 is 1.19 bits per heavy atom. The fourth-order valence-corrected chi connectivity index (χ4v) is 5.02. The standard InChI is InChI=1S/C27H25ClN2O7/c1-13(25(32)30-22(26(33)34)8-14-12-29-21-7-6-15(31)9-18(14)21)36-24-11-23-19(10-20(24)28)16-4-2-3-5-17(16)27(35)37-23/h6-7,9-13,22,29,31H,2-5,8H2,1H3,(H,30,32)(H,33,34)/p-1/t13-,22-/m1/s1. The molecule has 0 bridgehead atoms. The van der Waals surface area contributed by atoms with E-state index in [1.165, 1.54) is 25.1 Å². The van der Waals surface area contributed by atoms with E-state index in [0.717, 1.165) is 30.2 Å².